The van der Waals surface area contributed by atoms with Gasteiger partial charge in [0.25, 0.3) is 5.91 Å². The number of carbonyl (C=O) groups excluding carboxylic acids is 2. The van der Waals surface area contributed by atoms with Gasteiger partial charge < -0.3 is 16.0 Å². The molecule has 1 aromatic rings. The van der Waals surface area contributed by atoms with Crippen LogP contribution in [0.3, 0.4) is 0 Å². The summed E-state index contributed by atoms with van der Waals surface area (Å²) in [5.74, 6) is -0.446. The first-order chi connectivity index (χ1) is 7.56. The van der Waals surface area contributed by atoms with Crippen LogP contribution in [-0.2, 0) is 4.79 Å². The van der Waals surface area contributed by atoms with Crippen molar-refractivity contribution in [2.75, 3.05) is 18.4 Å². The topological polar surface area (TPSA) is 88.3 Å². The Kier molecular flexibility index (Phi) is 2.78. The van der Waals surface area contributed by atoms with Gasteiger partial charge in [0, 0.05) is 25.4 Å². The predicted molar refractivity (Wildman–Crippen MR) is 60.3 cm³/mol. The molecule has 0 spiro atoms. The first kappa shape index (κ1) is 10.9. The molecular formula is C9H12N4O2S. The number of thiazole rings is 1. The van der Waals surface area contributed by atoms with Gasteiger partial charge in [-0.3, -0.25) is 9.59 Å². The normalized spacial score (nSPS) is 15.7. The molecular weight excluding hydrogens is 228 g/mol. The lowest BCUT2D eigenvalue weighted by molar-refractivity contribution is -0.132. The predicted octanol–water partition coefficient (Wildman–Crippen LogP) is -0.115. The van der Waals surface area contributed by atoms with Crippen LogP contribution in [0.2, 0.25) is 0 Å². The molecule has 1 saturated heterocycles. The van der Waals surface area contributed by atoms with Crippen molar-refractivity contribution in [2.24, 2.45) is 5.73 Å². The van der Waals surface area contributed by atoms with Gasteiger partial charge in [-0.1, -0.05) is 0 Å². The lowest BCUT2D eigenvalue weighted by Crippen LogP contribution is -2.56. The van der Waals surface area contributed by atoms with Gasteiger partial charge in [0.2, 0.25) is 5.91 Å². The van der Waals surface area contributed by atoms with E-state index in [1.807, 2.05) is 0 Å². The van der Waals surface area contributed by atoms with Crippen molar-refractivity contribution in [3.63, 3.8) is 0 Å². The molecule has 16 heavy (non-hydrogen) atoms. The standard InChI is InChI=1S/C9H12N4O2S/c1-5(14)13-2-6(3-13)11-9-12-7(4-16-9)8(10)15/h4,6H,2-3H2,1H3,(H2,10,15)(H,11,12). The maximum Gasteiger partial charge on any atom is 0.268 e. The molecule has 0 aliphatic carbocycles. The molecule has 1 aliphatic rings. The number of rotatable bonds is 3. The summed E-state index contributed by atoms with van der Waals surface area (Å²) in [5.41, 5.74) is 5.36. The summed E-state index contributed by atoms with van der Waals surface area (Å²) in [6.07, 6.45) is 0. The van der Waals surface area contributed by atoms with Crippen molar-refractivity contribution in [1.82, 2.24) is 9.88 Å². The molecule has 0 bridgehead atoms. The Morgan fingerprint density at radius 2 is 2.31 bits per heavy atom. The van der Waals surface area contributed by atoms with Crippen LogP contribution in [0.15, 0.2) is 5.38 Å². The Morgan fingerprint density at radius 1 is 1.62 bits per heavy atom. The summed E-state index contributed by atoms with van der Waals surface area (Å²) < 4.78 is 0. The zero-order valence-corrected chi connectivity index (χ0v) is 9.58. The molecule has 2 amide bonds. The van der Waals surface area contributed by atoms with Crippen LogP contribution in [0.1, 0.15) is 17.4 Å². The van der Waals surface area contributed by atoms with Crippen LogP contribution < -0.4 is 11.1 Å². The highest BCUT2D eigenvalue weighted by molar-refractivity contribution is 7.13. The summed E-state index contributed by atoms with van der Waals surface area (Å²) >= 11 is 1.34. The number of nitrogens with zero attached hydrogens (tertiary/aromatic N) is 2. The van der Waals surface area contributed by atoms with E-state index in [1.165, 1.54) is 11.3 Å². The van der Waals surface area contributed by atoms with Gasteiger partial charge >= 0.3 is 0 Å². The molecule has 86 valence electrons. The number of hydrogen-bond donors (Lipinski definition) is 2. The van der Waals surface area contributed by atoms with Crippen molar-refractivity contribution in [3.8, 4) is 0 Å². The van der Waals surface area contributed by atoms with Gasteiger partial charge in [-0.15, -0.1) is 11.3 Å². The third-order valence-electron chi connectivity index (χ3n) is 2.41. The maximum absolute atomic E-state index is 10.9. The van der Waals surface area contributed by atoms with Crippen LogP contribution in [0.5, 0.6) is 0 Å². The van der Waals surface area contributed by atoms with Crippen molar-refractivity contribution in [3.05, 3.63) is 11.1 Å². The number of aromatic nitrogens is 1. The van der Waals surface area contributed by atoms with Gasteiger partial charge in [0.05, 0.1) is 6.04 Å². The van der Waals surface area contributed by atoms with E-state index in [-0.39, 0.29) is 17.6 Å². The molecule has 1 aromatic heterocycles. The molecule has 2 rings (SSSR count). The van der Waals surface area contributed by atoms with E-state index in [0.29, 0.717) is 18.2 Å². The Bertz CT molecular complexity index is 425. The SMILES string of the molecule is CC(=O)N1CC(Nc2nc(C(N)=O)cs2)C1. The first-order valence-corrected chi connectivity index (χ1v) is 5.71. The quantitative estimate of drug-likeness (QED) is 0.771. The minimum absolute atomic E-state index is 0.0787. The Morgan fingerprint density at radius 3 is 2.81 bits per heavy atom. The van der Waals surface area contributed by atoms with E-state index >= 15 is 0 Å². The second-order valence-electron chi connectivity index (χ2n) is 3.67. The van der Waals surface area contributed by atoms with E-state index in [9.17, 15) is 9.59 Å². The van der Waals surface area contributed by atoms with E-state index in [2.05, 4.69) is 10.3 Å². The van der Waals surface area contributed by atoms with E-state index in [4.69, 9.17) is 5.73 Å². The molecule has 0 saturated carbocycles. The Labute approximate surface area is 96.4 Å². The first-order valence-electron chi connectivity index (χ1n) is 4.83. The van der Waals surface area contributed by atoms with Gasteiger partial charge in [0.1, 0.15) is 5.69 Å². The third-order valence-corrected chi connectivity index (χ3v) is 3.18. The van der Waals surface area contributed by atoms with Crippen LogP contribution >= 0.6 is 11.3 Å². The largest absolute Gasteiger partial charge is 0.364 e. The number of primary amides is 1. The molecule has 0 atom stereocenters. The average Bonchev–Trinajstić information content (AvgIpc) is 2.58. The molecule has 6 nitrogen and oxygen atoms in total. The summed E-state index contributed by atoms with van der Waals surface area (Å²) in [6, 6.07) is 0.218. The minimum atomic E-state index is -0.525. The smallest absolute Gasteiger partial charge is 0.268 e. The van der Waals surface area contributed by atoms with E-state index < -0.39 is 5.91 Å². The van der Waals surface area contributed by atoms with Gasteiger partial charge in [-0.05, 0) is 0 Å². The lowest BCUT2D eigenvalue weighted by Gasteiger charge is -2.38. The fourth-order valence-corrected chi connectivity index (χ4v) is 2.23. The zero-order valence-electron chi connectivity index (χ0n) is 8.77. The second-order valence-corrected chi connectivity index (χ2v) is 4.53. The third kappa shape index (κ3) is 2.13. The summed E-state index contributed by atoms with van der Waals surface area (Å²) in [4.78, 5) is 27.5. The number of amides is 2. The maximum atomic E-state index is 10.9. The number of likely N-dealkylation sites (tertiary alicyclic amines) is 1. The Hall–Kier alpha value is -1.63. The van der Waals surface area contributed by atoms with E-state index in [1.54, 1.807) is 17.2 Å². The molecule has 0 aromatic carbocycles. The van der Waals surface area contributed by atoms with E-state index in [0.717, 1.165) is 0 Å². The van der Waals surface area contributed by atoms with Crippen molar-refractivity contribution in [1.29, 1.82) is 0 Å². The van der Waals surface area contributed by atoms with Crippen LogP contribution in [0.4, 0.5) is 5.13 Å². The highest BCUT2D eigenvalue weighted by atomic mass is 32.1. The number of hydrogen-bond acceptors (Lipinski definition) is 5. The monoisotopic (exact) mass is 240 g/mol. The molecule has 0 unspecified atom stereocenters. The van der Waals surface area contributed by atoms with Crippen LogP contribution in [-0.4, -0.2) is 40.8 Å². The molecule has 3 N–H and O–H groups in total. The van der Waals surface area contributed by atoms with Crippen molar-refractivity contribution in [2.45, 2.75) is 13.0 Å². The fourth-order valence-electron chi connectivity index (χ4n) is 1.45. The summed E-state index contributed by atoms with van der Waals surface area (Å²) in [6.45, 7) is 2.91. The lowest BCUT2D eigenvalue weighted by atomic mass is 10.1. The molecule has 2 heterocycles. The number of anilines is 1. The van der Waals surface area contributed by atoms with Gasteiger partial charge in [-0.25, -0.2) is 4.98 Å². The molecule has 0 radical (unpaired) electrons. The second kappa shape index (κ2) is 4.09. The number of nitrogens with one attached hydrogen (secondary N) is 1. The summed E-state index contributed by atoms with van der Waals surface area (Å²) in [5, 5.41) is 5.43. The van der Waals surface area contributed by atoms with Crippen molar-refractivity contribution < 1.29 is 9.59 Å². The minimum Gasteiger partial charge on any atom is -0.364 e. The zero-order chi connectivity index (χ0) is 11.7. The average molecular weight is 240 g/mol. The molecule has 1 fully saturated rings. The van der Waals surface area contributed by atoms with Crippen molar-refractivity contribution >= 4 is 28.3 Å². The van der Waals surface area contributed by atoms with Gasteiger partial charge in [-0.2, -0.15) is 0 Å². The van der Waals surface area contributed by atoms with Gasteiger partial charge in [0.15, 0.2) is 5.13 Å². The highest BCUT2D eigenvalue weighted by Crippen LogP contribution is 2.19. The number of nitrogens with two attached hydrogens (primary N) is 1. The summed E-state index contributed by atoms with van der Waals surface area (Å²) in [7, 11) is 0. The fraction of sp³-hybridized carbons (Fsp3) is 0.444. The number of carbonyl (C=O) groups is 2. The van der Waals surface area contributed by atoms with Crippen LogP contribution in [0, 0.1) is 0 Å². The molecule has 7 heteroatoms. The molecule has 1 aliphatic heterocycles. The Balaban J connectivity index is 1.87. The van der Waals surface area contributed by atoms with Crippen LogP contribution in [0.25, 0.3) is 0 Å². The highest BCUT2D eigenvalue weighted by Gasteiger charge is 2.28.